The Morgan fingerprint density at radius 1 is 0.804 bits per heavy atom. The third kappa shape index (κ3) is 8.58. The van der Waals surface area contributed by atoms with Crippen molar-refractivity contribution in [2.24, 2.45) is 0 Å². The summed E-state index contributed by atoms with van der Waals surface area (Å²) in [6, 6.07) is 27.8. The van der Waals surface area contributed by atoms with Crippen LogP contribution in [-0.4, -0.2) is 58.0 Å². The number of hydrogen-bond donors (Lipinski definition) is 1. The summed E-state index contributed by atoms with van der Waals surface area (Å²) in [5.74, 6) is -0.355. The number of rotatable bonds is 14. The van der Waals surface area contributed by atoms with E-state index in [4.69, 9.17) is 21.1 Å². The van der Waals surface area contributed by atoms with Gasteiger partial charge in [0.25, 0.3) is 10.0 Å². The number of hydrogen-bond acceptors (Lipinski definition) is 6. The predicted molar refractivity (Wildman–Crippen MR) is 180 cm³/mol. The molecule has 0 spiro atoms. The standard InChI is InChI=1S/C35H38ClN3O6S/c1-25(2)37-35(41)31(21-26-12-7-5-8-13-26)38(23-27-14-11-15-28(36)20-27)34(40)24-39(29-16-9-6-10-17-29)46(42,43)30-18-19-32(44-3)33(22-30)45-4/h5-20,22,25,31H,21,23-24H2,1-4H3,(H,37,41)/t31-/m0/s1. The van der Waals surface area contributed by atoms with Gasteiger partial charge in [-0.2, -0.15) is 0 Å². The molecule has 4 rings (SSSR count). The molecule has 0 saturated carbocycles. The first-order chi connectivity index (χ1) is 22.0. The first-order valence-corrected chi connectivity index (χ1v) is 16.5. The van der Waals surface area contributed by atoms with Gasteiger partial charge in [0.15, 0.2) is 11.5 Å². The number of carbonyl (C=O) groups excluding carboxylic acids is 2. The lowest BCUT2D eigenvalue weighted by atomic mass is 10.0. The van der Waals surface area contributed by atoms with Gasteiger partial charge in [-0.05, 0) is 61.4 Å². The van der Waals surface area contributed by atoms with Crippen LogP contribution in [0.3, 0.4) is 0 Å². The van der Waals surface area contributed by atoms with Crippen LogP contribution in [0.15, 0.2) is 108 Å². The molecule has 0 aliphatic heterocycles. The molecule has 1 N–H and O–H groups in total. The fourth-order valence-corrected chi connectivity index (χ4v) is 6.64. The predicted octanol–water partition coefficient (Wildman–Crippen LogP) is 5.72. The molecule has 0 aliphatic carbocycles. The van der Waals surface area contributed by atoms with E-state index in [1.807, 2.05) is 44.2 Å². The van der Waals surface area contributed by atoms with Crippen molar-refractivity contribution in [1.29, 1.82) is 0 Å². The summed E-state index contributed by atoms with van der Waals surface area (Å²) in [7, 11) is -1.45. The molecule has 0 bridgehead atoms. The highest BCUT2D eigenvalue weighted by Gasteiger charge is 2.35. The van der Waals surface area contributed by atoms with Crippen molar-refractivity contribution in [3.63, 3.8) is 0 Å². The molecule has 1 atom stereocenters. The van der Waals surface area contributed by atoms with E-state index < -0.39 is 28.5 Å². The molecular weight excluding hydrogens is 626 g/mol. The number of ether oxygens (including phenoxy) is 2. The highest BCUT2D eigenvalue weighted by atomic mass is 35.5. The molecule has 242 valence electrons. The van der Waals surface area contributed by atoms with Gasteiger partial charge in [0.1, 0.15) is 12.6 Å². The van der Waals surface area contributed by atoms with Gasteiger partial charge in [-0.1, -0.05) is 72.3 Å². The second-order valence-corrected chi connectivity index (χ2v) is 13.2. The van der Waals surface area contributed by atoms with Gasteiger partial charge >= 0.3 is 0 Å². The lowest BCUT2D eigenvalue weighted by Gasteiger charge is -2.34. The first-order valence-electron chi connectivity index (χ1n) is 14.7. The molecule has 0 aromatic heterocycles. The Balaban J connectivity index is 1.81. The number of amides is 2. The Bertz CT molecular complexity index is 1740. The molecule has 0 radical (unpaired) electrons. The average molecular weight is 664 g/mol. The molecule has 4 aromatic carbocycles. The summed E-state index contributed by atoms with van der Waals surface area (Å²) >= 11 is 6.30. The Hall–Kier alpha value is -4.54. The van der Waals surface area contributed by atoms with Crippen molar-refractivity contribution in [1.82, 2.24) is 10.2 Å². The zero-order chi connectivity index (χ0) is 33.3. The highest BCUT2D eigenvalue weighted by molar-refractivity contribution is 7.92. The van der Waals surface area contributed by atoms with Gasteiger partial charge in [-0.3, -0.25) is 13.9 Å². The number of carbonyl (C=O) groups is 2. The van der Waals surface area contributed by atoms with Crippen molar-refractivity contribution in [2.75, 3.05) is 25.1 Å². The normalized spacial score (nSPS) is 11.9. The summed E-state index contributed by atoms with van der Waals surface area (Å²) in [6.07, 6.45) is 0.208. The first kappa shape index (κ1) is 34.3. The van der Waals surface area contributed by atoms with Crippen molar-refractivity contribution >= 4 is 39.1 Å². The second kappa shape index (κ2) is 15.6. The summed E-state index contributed by atoms with van der Waals surface area (Å²) in [4.78, 5) is 29.6. The van der Waals surface area contributed by atoms with E-state index >= 15 is 0 Å². The molecule has 0 unspecified atom stereocenters. The number of halogens is 1. The molecule has 2 amide bonds. The fourth-order valence-electron chi connectivity index (χ4n) is 4.99. The number of anilines is 1. The minimum atomic E-state index is -4.32. The highest BCUT2D eigenvalue weighted by Crippen LogP contribution is 2.32. The van der Waals surface area contributed by atoms with Crippen LogP contribution in [-0.2, 0) is 32.6 Å². The summed E-state index contributed by atoms with van der Waals surface area (Å²) in [6.45, 7) is 3.11. The van der Waals surface area contributed by atoms with E-state index in [0.717, 1.165) is 9.87 Å². The Morgan fingerprint density at radius 3 is 2.04 bits per heavy atom. The van der Waals surface area contributed by atoms with Crippen LogP contribution >= 0.6 is 11.6 Å². The molecule has 0 aliphatic rings. The van der Waals surface area contributed by atoms with Gasteiger partial charge in [0.05, 0.1) is 24.8 Å². The fraction of sp³-hybridized carbons (Fsp3) is 0.257. The molecule has 0 heterocycles. The summed E-state index contributed by atoms with van der Waals surface area (Å²) in [5, 5.41) is 3.41. The Kier molecular flexibility index (Phi) is 11.7. The van der Waals surface area contributed by atoms with E-state index in [1.165, 1.54) is 37.3 Å². The molecule has 0 fully saturated rings. The van der Waals surface area contributed by atoms with Gasteiger partial charge in [0, 0.05) is 30.1 Å². The van der Waals surface area contributed by atoms with Crippen LogP contribution in [0.2, 0.25) is 5.02 Å². The molecule has 9 nitrogen and oxygen atoms in total. The van der Waals surface area contributed by atoms with E-state index in [0.29, 0.717) is 16.3 Å². The minimum Gasteiger partial charge on any atom is -0.493 e. The monoisotopic (exact) mass is 663 g/mol. The van der Waals surface area contributed by atoms with Crippen molar-refractivity contribution in [3.8, 4) is 11.5 Å². The number of sulfonamides is 1. The van der Waals surface area contributed by atoms with Gasteiger partial charge in [-0.15, -0.1) is 0 Å². The minimum absolute atomic E-state index is 0.0153. The largest absolute Gasteiger partial charge is 0.493 e. The number of methoxy groups -OCH3 is 2. The van der Waals surface area contributed by atoms with Crippen LogP contribution in [0.25, 0.3) is 0 Å². The maximum atomic E-state index is 14.5. The van der Waals surface area contributed by atoms with E-state index in [9.17, 15) is 18.0 Å². The molecule has 11 heteroatoms. The Morgan fingerprint density at radius 2 is 1.43 bits per heavy atom. The number of para-hydroxylation sites is 1. The second-order valence-electron chi connectivity index (χ2n) is 10.9. The van der Waals surface area contributed by atoms with Crippen LogP contribution in [0.1, 0.15) is 25.0 Å². The molecule has 0 saturated heterocycles. The van der Waals surface area contributed by atoms with E-state index in [1.54, 1.807) is 54.6 Å². The average Bonchev–Trinajstić information content (AvgIpc) is 3.05. The van der Waals surface area contributed by atoms with Gasteiger partial charge in [0.2, 0.25) is 11.8 Å². The van der Waals surface area contributed by atoms with Gasteiger partial charge < -0.3 is 19.7 Å². The van der Waals surface area contributed by atoms with Crippen LogP contribution in [0.4, 0.5) is 5.69 Å². The van der Waals surface area contributed by atoms with Crippen molar-refractivity contribution in [2.45, 2.75) is 43.8 Å². The lowest BCUT2D eigenvalue weighted by molar-refractivity contribution is -0.140. The topological polar surface area (TPSA) is 105 Å². The maximum absolute atomic E-state index is 14.5. The summed E-state index contributed by atoms with van der Waals surface area (Å²) < 4.78 is 40.2. The SMILES string of the molecule is COc1ccc(S(=O)(=O)N(CC(=O)N(Cc2cccc(Cl)c2)[C@@H](Cc2ccccc2)C(=O)NC(C)C)c2ccccc2)cc1OC. The molecule has 4 aromatic rings. The lowest BCUT2D eigenvalue weighted by Crippen LogP contribution is -2.54. The number of benzene rings is 4. The van der Waals surface area contributed by atoms with E-state index in [2.05, 4.69) is 5.32 Å². The quantitative estimate of drug-likeness (QED) is 0.185. The van der Waals surface area contributed by atoms with Crippen molar-refractivity contribution in [3.05, 3.63) is 119 Å². The Labute approximate surface area is 275 Å². The summed E-state index contributed by atoms with van der Waals surface area (Å²) in [5.41, 5.74) is 1.80. The van der Waals surface area contributed by atoms with Gasteiger partial charge in [-0.25, -0.2) is 8.42 Å². The number of nitrogens with zero attached hydrogens (tertiary/aromatic N) is 2. The third-order valence-corrected chi connectivity index (χ3v) is 9.21. The molecule has 46 heavy (non-hydrogen) atoms. The number of nitrogens with one attached hydrogen (secondary N) is 1. The van der Waals surface area contributed by atoms with E-state index in [-0.39, 0.29) is 41.2 Å². The van der Waals surface area contributed by atoms with Crippen LogP contribution < -0.4 is 19.1 Å². The molecular formula is C35H38ClN3O6S. The zero-order valence-electron chi connectivity index (χ0n) is 26.2. The smallest absolute Gasteiger partial charge is 0.264 e. The third-order valence-electron chi connectivity index (χ3n) is 7.21. The zero-order valence-corrected chi connectivity index (χ0v) is 27.8. The maximum Gasteiger partial charge on any atom is 0.264 e. The van der Waals surface area contributed by atoms with Crippen molar-refractivity contribution < 1.29 is 27.5 Å². The van der Waals surface area contributed by atoms with Crippen LogP contribution in [0.5, 0.6) is 11.5 Å². The van der Waals surface area contributed by atoms with Crippen LogP contribution in [0, 0.1) is 0 Å².